The smallest absolute Gasteiger partial charge is 0.220 e. The van der Waals surface area contributed by atoms with Crippen molar-refractivity contribution in [1.82, 2.24) is 10.3 Å². The molecule has 0 aliphatic heterocycles. The largest absolute Gasteiger partial charge is 0.349 e. The van der Waals surface area contributed by atoms with Crippen molar-refractivity contribution in [1.29, 1.82) is 0 Å². The molecule has 4 heteroatoms. The Kier molecular flexibility index (Phi) is 4.47. The summed E-state index contributed by atoms with van der Waals surface area (Å²) in [6, 6.07) is 8.01. The Hall–Kier alpha value is -1.68. The monoisotopic (exact) mass is 260 g/mol. The fourth-order valence-electron chi connectivity index (χ4n) is 1.73. The topological polar surface area (TPSA) is 42.0 Å². The van der Waals surface area contributed by atoms with Crippen molar-refractivity contribution in [3.05, 3.63) is 52.5 Å². The minimum Gasteiger partial charge on any atom is -0.349 e. The molecule has 2 rings (SSSR count). The fourth-order valence-corrected chi connectivity index (χ4v) is 2.46. The molecule has 18 heavy (non-hydrogen) atoms. The van der Waals surface area contributed by atoms with E-state index in [2.05, 4.69) is 10.3 Å². The van der Waals surface area contributed by atoms with Gasteiger partial charge in [-0.25, -0.2) is 0 Å². The lowest BCUT2D eigenvalue weighted by atomic mass is 10.1. The Morgan fingerprint density at radius 1 is 1.44 bits per heavy atom. The Bertz CT molecular complexity index is 482. The molecule has 0 spiro atoms. The minimum atomic E-state index is 0.0831. The van der Waals surface area contributed by atoms with E-state index in [0.29, 0.717) is 6.42 Å². The van der Waals surface area contributed by atoms with Gasteiger partial charge in [-0.1, -0.05) is 12.1 Å². The minimum absolute atomic E-state index is 0.0831. The summed E-state index contributed by atoms with van der Waals surface area (Å²) >= 11 is 1.66. The van der Waals surface area contributed by atoms with Gasteiger partial charge in [0.25, 0.3) is 0 Å². The zero-order valence-corrected chi connectivity index (χ0v) is 11.1. The molecular formula is C14H16N2OS. The first kappa shape index (κ1) is 12.8. The first-order valence-electron chi connectivity index (χ1n) is 5.97. The molecule has 1 amide bonds. The summed E-state index contributed by atoms with van der Waals surface area (Å²) in [4.78, 5) is 17.0. The van der Waals surface area contributed by atoms with E-state index in [1.54, 1.807) is 23.7 Å². The van der Waals surface area contributed by atoms with Crippen LogP contribution in [-0.2, 0) is 11.2 Å². The maximum absolute atomic E-state index is 11.8. The molecule has 94 valence electrons. The Morgan fingerprint density at radius 3 is 3.00 bits per heavy atom. The number of aryl methyl sites for hydroxylation is 1. The first-order chi connectivity index (χ1) is 8.75. The summed E-state index contributed by atoms with van der Waals surface area (Å²) in [5.41, 5.74) is 1.09. The summed E-state index contributed by atoms with van der Waals surface area (Å²) in [6.45, 7) is 2.01. The van der Waals surface area contributed by atoms with E-state index in [0.717, 1.165) is 12.0 Å². The van der Waals surface area contributed by atoms with Crippen LogP contribution < -0.4 is 5.32 Å². The maximum Gasteiger partial charge on any atom is 0.220 e. The van der Waals surface area contributed by atoms with Crippen molar-refractivity contribution >= 4 is 17.2 Å². The van der Waals surface area contributed by atoms with Crippen LogP contribution in [0, 0.1) is 0 Å². The number of aromatic nitrogens is 1. The van der Waals surface area contributed by atoms with Crippen LogP contribution >= 0.6 is 11.3 Å². The Balaban J connectivity index is 1.79. The molecule has 1 atom stereocenters. The molecule has 0 fully saturated rings. The van der Waals surface area contributed by atoms with Gasteiger partial charge in [0.1, 0.15) is 0 Å². The Labute approximate surface area is 111 Å². The van der Waals surface area contributed by atoms with E-state index < -0.39 is 0 Å². The van der Waals surface area contributed by atoms with Gasteiger partial charge in [-0.05, 0) is 36.4 Å². The standard InChI is InChI=1S/C14H16N2OS/c1-11(13-5-3-9-18-13)16-14(17)7-6-12-4-2-8-15-10-12/h2-5,8-11H,6-7H2,1H3,(H,16,17)/t11-/m0/s1. The van der Waals surface area contributed by atoms with Crippen molar-refractivity contribution in [2.24, 2.45) is 0 Å². The summed E-state index contributed by atoms with van der Waals surface area (Å²) in [6.07, 6.45) is 4.77. The number of amides is 1. The van der Waals surface area contributed by atoms with Crippen LogP contribution in [0.5, 0.6) is 0 Å². The lowest BCUT2D eigenvalue weighted by Gasteiger charge is -2.11. The van der Waals surface area contributed by atoms with Gasteiger partial charge >= 0.3 is 0 Å². The van der Waals surface area contributed by atoms with Gasteiger partial charge in [-0.15, -0.1) is 11.3 Å². The molecule has 0 aliphatic rings. The predicted molar refractivity (Wildman–Crippen MR) is 73.4 cm³/mol. The number of thiophene rings is 1. The van der Waals surface area contributed by atoms with Gasteiger partial charge in [0.2, 0.25) is 5.91 Å². The lowest BCUT2D eigenvalue weighted by molar-refractivity contribution is -0.121. The quantitative estimate of drug-likeness (QED) is 0.898. The summed E-state index contributed by atoms with van der Waals surface area (Å²) in [7, 11) is 0. The molecular weight excluding hydrogens is 244 g/mol. The second kappa shape index (κ2) is 6.31. The molecule has 2 aromatic heterocycles. The molecule has 0 bridgehead atoms. The molecule has 2 aromatic rings. The molecule has 1 N–H and O–H groups in total. The van der Waals surface area contributed by atoms with Crippen LogP contribution in [0.4, 0.5) is 0 Å². The van der Waals surface area contributed by atoms with Crippen molar-refractivity contribution in [3.8, 4) is 0 Å². The average molecular weight is 260 g/mol. The van der Waals surface area contributed by atoms with Crippen LogP contribution in [0.1, 0.15) is 29.8 Å². The van der Waals surface area contributed by atoms with Crippen molar-refractivity contribution in [2.45, 2.75) is 25.8 Å². The highest BCUT2D eigenvalue weighted by atomic mass is 32.1. The number of hydrogen-bond acceptors (Lipinski definition) is 3. The average Bonchev–Trinajstić information content (AvgIpc) is 2.91. The Morgan fingerprint density at radius 2 is 2.33 bits per heavy atom. The van der Waals surface area contributed by atoms with Crippen LogP contribution in [0.25, 0.3) is 0 Å². The fraction of sp³-hybridized carbons (Fsp3) is 0.286. The second-order valence-corrected chi connectivity index (χ2v) is 5.15. The van der Waals surface area contributed by atoms with Crippen LogP contribution in [-0.4, -0.2) is 10.9 Å². The third-order valence-electron chi connectivity index (χ3n) is 2.71. The predicted octanol–water partition coefficient (Wildman–Crippen LogP) is 2.95. The number of nitrogens with zero attached hydrogens (tertiary/aromatic N) is 1. The molecule has 0 aromatic carbocycles. The number of rotatable bonds is 5. The van der Waals surface area contributed by atoms with Gasteiger partial charge in [-0.2, -0.15) is 0 Å². The van der Waals surface area contributed by atoms with Crippen molar-refractivity contribution in [3.63, 3.8) is 0 Å². The number of hydrogen-bond donors (Lipinski definition) is 1. The van der Waals surface area contributed by atoms with Crippen LogP contribution in [0.2, 0.25) is 0 Å². The number of carbonyl (C=O) groups excluding carboxylic acids is 1. The molecule has 0 saturated heterocycles. The third-order valence-corrected chi connectivity index (χ3v) is 3.77. The molecule has 0 aliphatic carbocycles. The van der Waals surface area contributed by atoms with E-state index in [9.17, 15) is 4.79 Å². The van der Waals surface area contributed by atoms with E-state index in [1.807, 2.05) is 36.6 Å². The highest BCUT2D eigenvalue weighted by Gasteiger charge is 2.10. The number of nitrogens with one attached hydrogen (secondary N) is 1. The zero-order chi connectivity index (χ0) is 12.8. The highest BCUT2D eigenvalue weighted by molar-refractivity contribution is 7.10. The van der Waals surface area contributed by atoms with E-state index in [4.69, 9.17) is 0 Å². The third kappa shape index (κ3) is 3.67. The summed E-state index contributed by atoms with van der Waals surface area (Å²) < 4.78 is 0. The molecule has 0 unspecified atom stereocenters. The summed E-state index contributed by atoms with van der Waals surface area (Å²) in [5, 5.41) is 5.03. The van der Waals surface area contributed by atoms with E-state index >= 15 is 0 Å². The lowest BCUT2D eigenvalue weighted by Crippen LogP contribution is -2.26. The molecule has 0 saturated carbocycles. The first-order valence-corrected chi connectivity index (χ1v) is 6.85. The maximum atomic E-state index is 11.8. The van der Waals surface area contributed by atoms with Crippen molar-refractivity contribution in [2.75, 3.05) is 0 Å². The van der Waals surface area contributed by atoms with Gasteiger partial charge in [0, 0.05) is 23.7 Å². The molecule has 0 radical (unpaired) electrons. The second-order valence-electron chi connectivity index (χ2n) is 4.17. The van der Waals surface area contributed by atoms with E-state index in [-0.39, 0.29) is 11.9 Å². The SMILES string of the molecule is C[C@H](NC(=O)CCc1cccnc1)c1cccs1. The van der Waals surface area contributed by atoms with Crippen LogP contribution in [0.3, 0.4) is 0 Å². The zero-order valence-electron chi connectivity index (χ0n) is 10.3. The van der Waals surface area contributed by atoms with Crippen molar-refractivity contribution < 1.29 is 4.79 Å². The summed E-state index contributed by atoms with van der Waals surface area (Å²) in [5.74, 6) is 0.0831. The normalized spacial score (nSPS) is 12.1. The number of carbonyl (C=O) groups is 1. The van der Waals surface area contributed by atoms with E-state index in [1.165, 1.54) is 4.88 Å². The number of pyridine rings is 1. The van der Waals surface area contributed by atoms with Gasteiger partial charge in [-0.3, -0.25) is 9.78 Å². The van der Waals surface area contributed by atoms with Gasteiger partial charge < -0.3 is 5.32 Å². The molecule has 3 nitrogen and oxygen atoms in total. The molecule has 2 heterocycles. The van der Waals surface area contributed by atoms with Gasteiger partial charge in [0.05, 0.1) is 6.04 Å². The van der Waals surface area contributed by atoms with Crippen LogP contribution in [0.15, 0.2) is 42.0 Å². The highest BCUT2D eigenvalue weighted by Crippen LogP contribution is 2.18. The van der Waals surface area contributed by atoms with Gasteiger partial charge in [0.15, 0.2) is 0 Å².